The first kappa shape index (κ1) is 13.1. The molecule has 0 radical (unpaired) electrons. The van der Waals surface area contributed by atoms with Gasteiger partial charge in [-0.2, -0.15) is 0 Å². The van der Waals surface area contributed by atoms with Crippen molar-refractivity contribution in [2.45, 2.75) is 38.3 Å². The van der Waals surface area contributed by atoms with Gasteiger partial charge in [-0.3, -0.25) is 0 Å². The van der Waals surface area contributed by atoms with Crippen LogP contribution in [-0.2, 0) is 4.74 Å². The van der Waals surface area contributed by atoms with E-state index in [1.54, 1.807) is 0 Å². The SMILES string of the molecule is C[C@@H](NCCC1CCCO1)c1ccccc1Br. The molecule has 2 rings (SSSR count). The fourth-order valence-electron chi connectivity index (χ4n) is 2.27. The average molecular weight is 298 g/mol. The van der Waals surface area contributed by atoms with Crippen LogP contribution in [0.25, 0.3) is 0 Å². The van der Waals surface area contributed by atoms with Crippen LogP contribution >= 0.6 is 15.9 Å². The molecule has 3 heteroatoms. The lowest BCUT2D eigenvalue weighted by atomic mass is 10.1. The molecule has 0 spiro atoms. The average Bonchev–Trinajstić information content (AvgIpc) is 2.82. The van der Waals surface area contributed by atoms with Crippen LogP contribution in [0.5, 0.6) is 0 Å². The normalized spacial score (nSPS) is 21.6. The van der Waals surface area contributed by atoms with E-state index in [0.29, 0.717) is 12.1 Å². The van der Waals surface area contributed by atoms with Gasteiger partial charge in [-0.15, -0.1) is 0 Å². The molecule has 0 amide bonds. The minimum atomic E-state index is 0.381. The second-order valence-corrected chi connectivity index (χ2v) is 5.48. The number of benzene rings is 1. The Kier molecular flexibility index (Phi) is 5.01. The fraction of sp³-hybridized carbons (Fsp3) is 0.571. The molecular weight excluding hydrogens is 278 g/mol. The maximum Gasteiger partial charge on any atom is 0.0588 e. The predicted octanol–water partition coefficient (Wildman–Crippen LogP) is 3.67. The molecule has 0 saturated carbocycles. The first-order chi connectivity index (χ1) is 8.27. The Morgan fingerprint density at radius 3 is 3.00 bits per heavy atom. The highest BCUT2D eigenvalue weighted by atomic mass is 79.9. The lowest BCUT2D eigenvalue weighted by Crippen LogP contribution is -2.23. The summed E-state index contributed by atoms with van der Waals surface area (Å²) >= 11 is 3.59. The van der Waals surface area contributed by atoms with Gasteiger partial charge in [0.05, 0.1) is 6.10 Å². The van der Waals surface area contributed by atoms with Crippen LogP contribution in [0.4, 0.5) is 0 Å². The highest BCUT2D eigenvalue weighted by molar-refractivity contribution is 9.10. The van der Waals surface area contributed by atoms with Gasteiger partial charge in [0.1, 0.15) is 0 Å². The van der Waals surface area contributed by atoms with E-state index in [1.165, 1.54) is 22.9 Å². The highest BCUT2D eigenvalue weighted by Gasteiger charge is 2.15. The molecule has 1 aromatic rings. The number of hydrogen-bond acceptors (Lipinski definition) is 2. The molecule has 0 aliphatic carbocycles. The number of halogens is 1. The van der Waals surface area contributed by atoms with Gasteiger partial charge in [0.2, 0.25) is 0 Å². The minimum absolute atomic E-state index is 0.381. The molecule has 1 N–H and O–H groups in total. The first-order valence-corrected chi connectivity index (χ1v) is 7.16. The van der Waals surface area contributed by atoms with Crippen LogP contribution in [0.15, 0.2) is 28.7 Å². The van der Waals surface area contributed by atoms with Gasteiger partial charge in [-0.1, -0.05) is 34.1 Å². The largest absolute Gasteiger partial charge is 0.378 e. The number of hydrogen-bond donors (Lipinski definition) is 1. The molecular formula is C14H20BrNO. The monoisotopic (exact) mass is 297 g/mol. The number of rotatable bonds is 5. The maximum atomic E-state index is 5.61. The molecule has 17 heavy (non-hydrogen) atoms. The molecule has 0 bridgehead atoms. The molecule has 1 aliphatic rings. The Morgan fingerprint density at radius 1 is 1.47 bits per heavy atom. The highest BCUT2D eigenvalue weighted by Crippen LogP contribution is 2.23. The van der Waals surface area contributed by atoms with E-state index in [2.05, 4.69) is 46.4 Å². The Bertz CT molecular complexity index is 350. The molecule has 1 heterocycles. The Balaban J connectivity index is 1.77. The molecule has 0 aromatic heterocycles. The van der Waals surface area contributed by atoms with E-state index in [4.69, 9.17) is 4.74 Å². The lowest BCUT2D eigenvalue weighted by molar-refractivity contribution is 0.103. The number of ether oxygens (including phenoxy) is 1. The zero-order valence-corrected chi connectivity index (χ0v) is 11.9. The van der Waals surface area contributed by atoms with Crippen LogP contribution in [0.3, 0.4) is 0 Å². The van der Waals surface area contributed by atoms with E-state index < -0.39 is 0 Å². The van der Waals surface area contributed by atoms with Crippen molar-refractivity contribution in [3.63, 3.8) is 0 Å². The zero-order valence-electron chi connectivity index (χ0n) is 10.3. The van der Waals surface area contributed by atoms with Crippen molar-refractivity contribution in [2.24, 2.45) is 0 Å². The number of nitrogens with one attached hydrogen (secondary N) is 1. The molecule has 2 atom stereocenters. The van der Waals surface area contributed by atoms with Gasteiger partial charge < -0.3 is 10.1 Å². The Hall–Kier alpha value is -0.380. The van der Waals surface area contributed by atoms with Crippen molar-refractivity contribution in [1.82, 2.24) is 5.32 Å². The van der Waals surface area contributed by atoms with Gasteiger partial charge in [-0.05, 0) is 44.4 Å². The summed E-state index contributed by atoms with van der Waals surface area (Å²) in [6.45, 7) is 4.17. The van der Waals surface area contributed by atoms with E-state index in [9.17, 15) is 0 Å². The van der Waals surface area contributed by atoms with Crippen molar-refractivity contribution in [3.05, 3.63) is 34.3 Å². The lowest BCUT2D eigenvalue weighted by Gasteiger charge is -2.17. The van der Waals surface area contributed by atoms with Crippen molar-refractivity contribution < 1.29 is 4.74 Å². The first-order valence-electron chi connectivity index (χ1n) is 6.37. The zero-order chi connectivity index (χ0) is 12.1. The van der Waals surface area contributed by atoms with E-state index in [-0.39, 0.29) is 0 Å². The minimum Gasteiger partial charge on any atom is -0.378 e. The third-order valence-electron chi connectivity index (χ3n) is 3.31. The van der Waals surface area contributed by atoms with Crippen LogP contribution in [0.1, 0.15) is 37.8 Å². The molecule has 1 unspecified atom stereocenters. The molecule has 2 nitrogen and oxygen atoms in total. The smallest absolute Gasteiger partial charge is 0.0588 e. The summed E-state index contributed by atoms with van der Waals surface area (Å²) in [4.78, 5) is 0. The summed E-state index contributed by atoms with van der Waals surface area (Å²) in [5.41, 5.74) is 1.32. The van der Waals surface area contributed by atoms with Gasteiger partial charge in [0.15, 0.2) is 0 Å². The second-order valence-electron chi connectivity index (χ2n) is 4.62. The molecule has 1 aliphatic heterocycles. The van der Waals surface area contributed by atoms with E-state index in [0.717, 1.165) is 19.6 Å². The van der Waals surface area contributed by atoms with Crippen LogP contribution in [-0.4, -0.2) is 19.3 Å². The summed E-state index contributed by atoms with van der Waals surface area (Å²) in [5, 5.41) is 3.56. The van der Waals surface area contributed by atoms with Crippen LogP contribution in [0, 0.1) is 0 Å². The van der Waals surface area contributed by atoms with Gasteiger partial charge >= 0.3 is 0 Å². The van der Waals surface area contributed by atoms with Crippen molar-refractivity contribution in [3.8, 4) is 0 Å². The Morgan fingerprint density at radius 2 is 2.29 bits per heavy atom. The van der Waals surface area contributed by atoms with Crippen molar-refractivity contribution in [2.75, 3.05) is 13.2 Å². The quantitative estimate of drug-likeness (QED) is 0.895. The van der Waals surface area contributed by atoms with Crippen molar-refractivity contribution in [1.29, 1.82) is 0 Å². The van der Waals surface area contributed by atoms with Gasteiger partial charge in [0.25, 0.3) is 0 Å². The summed E-state index contributed by atoms with van der Waals surface area (Å²) in [6.07, 6.45) is 4.05. The fourth-order valence-corrected chi connectivity index (χ4v) is 2.90. The summed E-state index contributed by atoms with van der Waals surface area (Å²) in [7, 11) is 0. The van der Waals surface area contributed by atoms with Crippen LogP contribution in [0.2, 0.25) is 0 Å². The predicted molar refractivity (Wildman–Crippen MR) is 74.2 cm³/mol. The summed E-state index contributed by atoms with van der Waals surface area (Å²) in [6, 6.07) is 8.76. The van der Waals surface area contributed by atoms with Gasteiger partial charge in [0, 0.05) is 17.1 Å². The standard InChI is InChI=1S/C14H20BrNO/c1-11(13-6-2-3-7-14(13)15)16-9-8-12-5-4-10-17-12/h2-3,6-7,11-12,16H,4-5,8-10H2,1H3/t11-,12?/m1/s1. The molecule has 1 fully saturated rings. The van der Waals surface area contributed by atoms with Gasteiger partial charge in [-0.25, -0.2) is 0 Å². The molecule has 94 valence electrons. The second kappa shape index (κ2) is 6.53. The summed E-state index contributed by atoms with van der Waals surface area (Å²) in [5.74, 6) is 0. The molecule has 1 aromatic carbocycles. The molecule has 1 saturated heterocycles. The van der Waals surface area contributed by atoms with Crippen LogP contribution < -0.4 is 5.32 Å². The Labute approximate surface area is 112 Å². The third-order valence-corrected chi connectivity index (χ3v) is 4.03. The van der Waals surface area contributed by atoms with E-state index >= 15 is 0 Å². The van der Waals surface area contributed by atoms with Crippen molar-refractivity contribution >= 4 is 15.9 Å². The maximum absolute atomic E-state index is 5.61. The van der Waals surface area contributed by atoms with E-state index in [1.807, 2.05) is 6.07 Å². The third kappa shape index (κ3) is 3.80. The summed E-state index contributed by atoms with van der Waals surface area (Å²) < 4.78 is 6.79. The topological polar surface area (TPSA) is 21.3 Å².